The van der Waals surface area contributed by atoms with Crippen LogP contribution in [0, 0.1) is 0 Å². The normalized spacial score (nSPS) is 11.6. The van der Waals surface area contributed by atoms with Gasteiger partial charge in [0.05, 0.1) is 23.4 Å². The van der Waals surface area contributed by atoms with Crippen molar-refractivity contribution >= 4 is 52.1 Å². The third-order valence-corrected chi connectivity index (χ3v) is 4.84. The average molecular weight is 427 g/mol. The van der Waals surface area contributed by atoms with Crippen molar-refractivity contribution in [2.45, 2.75) is 26.2 Å². The minimum atomic E-state index is -0.536. The highest BCUT2D eigenvalue weighted by Crippen LogP contribution is 2.32. The molecule has 0 aliphatic heterocycles. The van der Waals surface area contributed by atoms with Crippen LogP contribution in [0.5, 0.6) is 11.5 Å². The number of hydrogen-bond donors (Lipinski definition) is 3. The first kappa shape index (κ1) is 21.3. The third-order valence-electron chi connectivity index (χ3n) is 4.13. The summed E-state index contributed by atoms with van der Waals surface area (Å²) in [7, 11) is 1.40. The Balaban J connectivity index is 2.18. The number of carbonyl (C=O) groups excluding carboxylic acids is 1. The molecule has 2 aromatic rings. The van der Waals surface area contributed by atoms with E-state index in [1.165, 1.54) is 19.2 Å². The summed E-state index contributed by atoms with van der Waals surface area (Å²) >= 11 is 17.2. The van der Waals surface area contributed by atoms with E-state index in [2.05, 4.69) is 24.5 Å². The highest BCUT2D eigenvalue weighted by molar-refractivity contribution is 7.80. The standard InChI is InChI=1S/C19H20Cl2N2O3S/c1-4-10(2)11-5-6-16(24)15(7-11)22-19(27)23-18(25)13-8-12(20)9-14(21)17(13)26-3/h5-10,24H,4H2,1-3H3,(H2,22,23,25,27)/t10-/m1/s1. The molecular weight excluding hydrogens is 407 g/mol. The first-order valence-electron chi connectivity index (χ1n) is 8.25. The molecule has 3 N–H and O–H groups in total. The van der Waals surface area contributed by atoms with Gasteiger partial charge in [-0.05, 0) is 54.4 Å². The number of thiocarbonyl (C=S) groups is 1. The molecule has 0 spiro atoms. The fourth-order valence-corrected chi connectivity index (χ4v) is 3.23. The van der Waals surface area contributed by atoms with E-state index in [0.717, 1.165) is 12.0 Å². The van der Waals surface area contributed by atoms with E-state index in [1.807, 2.05) is 6.07 Å². The lowest BCUT2D eigenvalue weighted by Gasteiger charge is -2.15. The summed E-state index contributed by atoms with van der Waals surface area (Å²) in [5, 5.41) is 16.0. The number of nitrogens with one attached hydrogen (secondary N) is 2. The maximum Gasteiger partial charge on any atom is 0.261 e. The Morgan fingerprint density at radius 1 is 1.30 bits per heavy atom. The lowest BCUT2D eigenvalue weighted by atomic mass is 9.98. The molecule has 0 fully saturated rings. The van der Waals surface area contributed by atoms with Crippen LogP contribution in [0.1, 0.15) is 42.1 Å². The first-order valence-corrected chi connectivity index (χ1v) is 9.41. The van der Waals surface area contributed by atoms with Crippen LogP contribution in [0.15, 0.2) is 30.3 Å². The Kier molecular flexibility index (Phi) is 7.30. The van der Waals surface area contributed by atoms with E-state index in [0.29, 0.717) is 16.6 Å². The summed E-state index contributed by atoms with van der Waals surface area (Å²) in [6.45, 7) is 4.17. The maximum absolute atomic E-state index is 12.5. The molecular formula is C19H20Cl2N2O3S. The molecule has 1 amide bonds. The molecule has 0 aromatic heterocycles. The molecule has 0 saturated carbocycles. The Bertz CT molecular complexity index is 874. The van der Waals surface area contributed by atoms with Crippen LogP contribution in [0.25, 0.3) is 0 Å². The van der Waals surface area contributed by atoms with Gasteiger partial charge < -0.3 is 15.2 Å². The van der Waals surface area contributed by atoms with Gasteiger partial charge in [0.1, 0.15) is 11.5 Å². The molecule has 2 rings (SSSR count). The molecule has 0 aliphatic carbocycles. The molecule has 0 heterocycles. The summed E-state index contributed by atoms with van der Waals surface area (Å²) in [4.78, 5) is 12.5. The number of aromatic hydroxyl groups is 1. The van der Waals surface area contributed by atoms with Gasteiger partial charge in [-0.3, -0.25) is 10.1 Å². The number of phenols is 1. The van der Waals surface area contributed by atoms with Crippen LogP contribution in [0.3, 0.4) is 0 Å². The second kappa shape index (κ2) is 9.26. The number of methoxy groups -OCH3 is 1. The lowest BCUT2D eigenvalue weighted by Crippen LogP contribution is -2.34. The fourth-order valence-electron chi connectivity index (χ4n) is 2.46. The Hall–Kier alpha value is -2.02. The number of halogens is 2. The fraction of sp³-hybridized carbons (Fsp3) is 0.263. The topological polar surface area (TPSA) is 70.6 Å². The number of amides is 1. The van der Waals surface area contributed by atoms with Crippen molar-refractivity contribution in [1.29, 1.82) is 0 Å². The number of phenolic OH excluding ortho intramolecular Hbond substituents is 1. The van der Waals surface area contributed by atoms with Crippen molar-refractivity contribution in [3.05, 3.63) is 51.5 Å². The second-order valence-corrected chi connectivity index (χ2v) is 7.21. The maximum atomic E-state index is 12.5. The zero-order valence-electron chi connectivity index (χ0n) is 15.1. The number of ether oxygens (including phenoxy) is 1. The molecule has 8 heteroatoms. The van der Waals surface area contributed by atoms with Crippen LogP contribution in [0.2, 0.25) is 10.0 Å². The minimum Gasteiger partial charge on any atom is -0.506 e. The second-order valence-electron chi connectivity index (χ2n) is 5.96. The SMILES string of the molecule is CC[C@@H](C)c1ccc(O)c(NC(=S)NC(=O)c2cc(Cl)cc(Cl)c2OC)c1. The molecule has 5 nitrogen and oxygen atoms in total. The quantitative estimate of drug-likeness (QED) is 0.444. The Morgan fingerprint density at radius 2 is 2.00 bits per heavy atom. The number of hydrogen-bond acceptors (Lipinski definition) is 4. The van der Waals surface area contributed by atoms with E-state index in [1.54, 1.807) is 12.1 Å². The van der Waals surface area contributed by atoms with Crippen molar-refractivity contribution < 1.29 is 14.6 Å². The van der Waals surface area contributed by atoms with Gasteiger partial charge in [0, 0.05) is 5.02 Å². The van der Waals surface area contributed by atoms with Crippen molar-refractivity contribution in [3.63, 3.8) is 0 Å². The molecule has 27 heavy (non-hydrogen) atoms. The van der Waals surface area contributed by atoms with Gasteiger partial charge in [-0.25, -0.2) is 0 Å². The monoisotopic (exact) mass is 426 g/mol. The van der Waals surface area contributed by atoms with Gasteiger partial charge in [-0.15, -0.1) is 0 Å². The van der Waals surface area contributed by atoms with E-state index in [9.17, 15) is 9.90 Å². The zero-order valence-corrected chi connectivity index (χ0v) is 17.4. The van der Waals surface area contributed by atoms with E-state index < -0.39 is 5.91 Å². The Morgan fingerprint density at radius 3 is 2.63 bits per heavy atom. The molecule has 1 atom stereocenters. The van der Waals surface area contributed by atoms with E-state index in [-0.39, 0.29) is 27.2 Å². The van der Waals surface area contributed by atoms with E-state index >= 15 is 0 Å². The number of carbonyl (C=O) groups is 1. The largest absolute Gasteiger partial charge is 0.506 e. The van der Waals surface area contributed by atoms with Crippen LogP contribution in [-0.2, 0) is 0 Å². The van der Waals surface area contributed by atoms with Gasteiger partial charge in [0.15, 0.2) is 5.11 Å². The minimum absolute atomic E-state index is 0.0229. The lowest BCUT2D eigenvalue weighted by molar-refractivity contribution is 0.0974. The number of benzene rings is 2. The van der Waals surface area contributed by atoms with Crippen LogP contribution in [-0.4, -0.2) is 23.2 Å². The molecule has 2 aromatic carbocycles. The molecule has 0 aliphatic rings. The highest BCUT2D eigenvalue weighted by atomic mass is 35.5. The summed E-state index contributed by atoms with van der Waals surface area (Å²) < 4.78 is 5.17. The van der Waals surface area contributed by atoms with Crippen LogP contribution in [0.4, 0.5) is 5.69 Å². The molecule has 0 radical (unpaired) electrons. The molecule has 0 saturated heterocycles. The van der Waals surface area contributed by atoms with Gasteiger partial charge >= 0.3 is 0 Å². The predicted molar refractivity (Wildman–Crippen MR) is 114 cm³/mol. The van der Waals surface area contributed by atoms with Crippen molar-refractivity contribution in [2.24, 2.45) is 0 Å². The van der Waals surface area contributed by atoms with Crippen LogP contribution < -0.4 is 15.4 Å². The highest BCUT2D eigenvalue weighted by Gasteiger charge is 2.18. The summed E-state index contributed by atoms with van der Waals surface area (Å²) in [5.74, 6) is 0.0171. The van der Waals surface area contributed by atoms with Gasteiger partial charge in [0.25, 0.3) is 5.91 Å². The molecule has 0 bridgehead atoms. The van der Waals surface area contributed by atoms with Gasteiger partial charge in [0.2, 0.25) is 0 Å². The van der Waals surface area contributed by atoms with Crippen molar-refractivity contribution in [3.8, 4) is 11.5 Å². The summed E-state index contributed by atoms with van der Waals surface area (Å²) in [5.41, 5.74) is 1.61. The van der Waals surface area contributed by atoms with Crippen LogP contribution >= 0.6 is 35.4 Å². The summed E-state index contributed by atoms with van der Waals surface area (Å²) in [6.07, 6.45) is 0.959. The Labute approximate surface area is 173 Å². The van der Waals surface area contributed by atoms with Crippen molar-refractivity contribution in [2.75, 3.05) is 12.4 Å². The zero-order chi connectivity index (χ0) is 20.1. The molecule has 0 unspecified atom stereocenters. The summed E-state index contributed by atoms with van der Waals surface area (Å²) in [6, 6.07) is 8.17. The van der Waals surface area contributed by atoms with Crippen molar-refractivity contribution in [1.82, 2.24) is 5.32 Å². The average Bonchev–Trinajstić information content (AvgIpc) is 2.62. The number of rotatable bonds is 5. The van der Waals surface area contributed by atoms with Gasteiger partial charge in [-0.1, -0.05) is 43.1 Å². The smallest absolute Gasteiger partial charge is 0.261 e. The number of anilines is 1. The molecule has 144 valence electrons. The first-order chi connectivity index (χ1) is 12.8. The van der Waals surface area contributed by atoms with E-state index in [4.69, 9.17) is 40.2 Å². The van der Waals surface area contributed by atoms with Gasteiger partial charge in [-0.2, -0.15) is 0 Å². The third kappa shape index (κ3) is 5.25. The predicted octanol–water partition coefficient (Wildman–Crippen LogP) is 5.35.